The quantitative estimate of drug-likeness (QED) is 0.373. The summed E-state index contributed by atoms with van der Waals surface area (Å²) >= 11 is 0. The number of aromatic nitrogens is 3. The fourth-order valence-corrected chi connectivity index (χ4v) is 4.87. The van der Waals surface area contributed by atoms with Crippen molar-refractivity contribution >= 4 is 44.7 Å². The molecule has 196 valence electrons. The van der Waals surface area contributed by atoms with Crippen LogP contribution in [-0.2, 0) is 14.6 Å². The third-order valence-corrected chi connectivity index (χ3v) is 7.05. The first-order chi connectivity index (χ1) is 17.8. The van der Waals surface area contributed by atoms with E-state index in [0.717, 1.165) is 11.9 Å². The van der Waals surface area contributed by atoms with Gasteiger partial charge in [-0.2, -0.15) is 4.98 Å². The van der Waals surface area contributed by atoms with E-state index in [1.54, 1.807) is 25.3 Å². The maximum absolute atomic E-state index is 12.1. The molecule has 0 aliphatic carbocycles. The molecule has 0 saturated carbocycles. The predicted molar refractivity (Wildman–Crippen MR) is 141 cm³/mol. The highest BCUT2D eigenvalue weighted by Gasteiger charge is 2.21. The lowest BCUT2D eigenvalue weighted by Crippen LogP contribution is -2.49. The van der Waals surface area contributed by atoms with Gasteiger partial charge in [-0.25, -0.2) is 18.4 Å². The lowest BCUT2D eigenvalue weighted by Gasteiger charge is -2.36. The van der Waals surface area contributed by atoms with Crippen molar-refractivity contribution in [2.75, 3.05) is 61.6 Å². The van der Waals surface area contributed by atoms with E-state index in [4.69, 9.17) is 10.5 Å². The zero-order chi connectivity index (χ0) is 26.4. The highest BCUT2D eigenvalue weighted by atomic mass is 32.2. The van der Waals surface area contributed by atoms with E-state index in [2.05, 4.69) is 30.5 Å². The molecule has 12 nitrogen and oxygen atoms in total. The third kappa shape index (κ3) is 6.43. The number of nitrogens with zero attached hydrogens (tertiary/aromatic N) is 5. The largest absolute Gasteiger partial charge is 0.494 e. The molecule has 0 spiro atoms. The molecule has 4 N–H and O–H groups in total. The fourth-order valence-electron chi connectivity index (χ4n) is 4.03. The normalized spacial score (nSPS) is 13.8. The first-order valence-electron chi connectivity index (χ1n) is 11.7. The second kappa shape index (κ2) is 11.4. The number of hydrogen-bond donors (Lipinski definition) is 3. The molecule has 1 saturated heterocycles. The number of rotatable bonds is 9. The van der Waals surface area contributed by atoms with Gasteiger partial charge < -0.3 is 30.9 Å². The van der Waals surface area contributed by atoms with E-state index < -0.39 is 9.84 Å². The minimum absolute atomic E-state index is 0.0882. The average molecular weight is 527 g/mol. The number of amides is 1. The molecule has 4 rings (SSSR count). The van der Waals surface area contributed by atoms with Crippen LogP contribution in [0.15, 0.2) is 53.7 Å². The van der Waals surface area contributed by atoms with Crippen molar-refractivity contribution in [2.45, 2.75) is 11.3 Å². The van der Waals surface area contributed by atoms with Crippen LogP contribution in [0.4, 0.5) is 29.0 Å². The monoisotopic (exact) mass is 526 g/mol. The highest BCUT2D eigenvalue weighted by Crippen LogP contribution is 2.32. The molecular formula is C24H30N8O4S. The van der Waals surface area contributed by atoms with Gasteiger partial charge in [0.05, 0.1) is 23.4 Å². The van der Waals surface area contributed by atoms with E-state index in [-0.39, 0.29) is 22.7 Å². The average Bonchev–Trinajstić information content (AvgIpc) is 2.89. The van der Waals surface area contributed by atoms with Crippen molar-refractivity contribution in [1.82, 2.24) is 19.9 Å². The summed E-state index contributed by atoms with van der Waals surface area (Å²) in [7, 11) is -1.86. The Balaban J connectivity index is 1.47. The Morgan fingerprint density at radius 3 is 2.35 bits per heavy atom. The predicted octanol–water partition coefficient (Wildman–Crippen LogP) is 1.77. The van der Waals surface area contributed by atoms with Gasteiger partial charge in [-0.15, -0.1) is 0 Å². The molecule has 1 aliphatic heterocycles. The Bertz CT molecular complexity index is 1360. The Hall–Kier alpha value is -3.97. The molecule has 1 aromatic heterocycles. The number of nitrogens with one attached hydrogen (secondary N) is 2. The van der Waals surface area contributed by atoms with E-state index in [0.29, 0.717) is 56.3 Å². The highest BCUT2D eigenvalue weighted by molar-refractivity contribution is 7.90. The number of nitrogens with two attached hydrogens (primary N) is 1. The molecular weight excluding hydrogens is 496 g/mol. The van der Waals surface area contributed by atoms with Gasteiger partial charge in [-0.3, -0.25) is 4.79 Å². The molecule has 1 aliphatic rings. The molecule has 1 fully saturated rings. The van der Waals surface area contributed by atoms with E-state index in [1.165, 1.54) is 12.4 Å². The van der Waals surface area contributed by atoms with Gasteiger partial charge >= 0.3 is 0 Å². The summed E-state index contributed by atoms with van der Waals surface area (Å²) in [6, 6.07) is 12.3. The number of methoxy groups -OCH3 is 1. The summed E-state index contributed by atoms with van der Waals surface area (Å²) in [6.07, 6.45) is 2.84. The summed E-state index contributed by atoms with van der Waals surface area (Å²) in [5.41, 5.74) is 7.50. The van der Waals surface area contributed by atoms with Crippen LogP contribution in [-0.4, -0.2) is 80.3 Å². The van der Waals surface area contributed by atoms with Crippen molar-refractivity contribution in [3.8, 4) is 5.75 Å². The smallest absolute Gasteiger partial charge is 0.232 e. The van der Waals surface area contributed by atoms with Crippen molar-refractivity contribution in [3.63, 3.8) is 0 Å². The van der Waals surface area contributed by atoms with Crippen molar-refractivity contribution < 1.29 is 17.9 Å². The van der Waals surface area contributed by atoms with E-state index >= 15 is 0 Å². The molecule has 2 aromatic carbocycles. The van der Waals surface area contributed by atoms with Crippen LogP contribution in [0.1, 0.15) is 6.42 Å². The summed E-state index contributed by atoms with van der Waals surface area (Å²) in [5.74, 6) is 1.13. The molecule has 0 radical (unpaired) electrons. The van der Waals surface area contributed by atoms with Gasteiger partial charge in [0.1, 0.15) is 12.1 Å². The van der Waals surface area contributed by atoms with Gasteiger partial charge in [0.2, 0.25) is 17.8 Å². The Labute approximate surface area is 215 Å². The number of sulfone groups is 1. The summed E-state index contributed by atoms with van der Waals surface area (Å²) < 4.78 is 29.8. The maximum Gasteiger partial charge on any atom is 0.232 e. The number of ether oxygens (including phenoxy) is 1. The van der Waals surface area contributed by atoms with Gasteiger partial charge in [0, 0.05) is 57.2 Å². The number of benzene rings is 2. The van der Waals surface area contributed by atoms with Gasteiger partial charge in [0.15, 0.2) is 9.84 Å². The number of para-hydroxylation sites is 1. The summed E-state index contributed by atoms with van der Waals surface area (Å²) in [4.78, 5) is 28.9. The lowest BCUT2D eigenvalue weighted by molar-refractivity contribution is -0.131. The summed E-state index contributed by atoms with van der Waals surface area (Å²) in [6.45, 7) is 3.07. The first kappa shape index (κ1) is 26.1. The minimum Gasteiger partial charge on any atom is -0.494 e. The van der Waals surface area contributed by atoms with Crippen LogP contribution in [0.5, 0.6) is 5.75 Å². The molecule has 3 aromatic rings. The molecule has 0 unspecified atom stereocenters. The van der Waals surface area contributed by atoms with Gasteiger partial charge in [-0.1, -0.05) is 12.1 Å². The molecule has 0 bridgehead atoms. The Kier molecular flexibility index (Phi) is 8.04. The number of anilines is 5. The number of piperazine rings is 1. The Morgan fingerprint density at radius 1 is 1.03 bits per heavy atom. The van der Waals surface area contributed by atoms with Crippen LogP contribution in [0.2, 0.25) is 0 Å². The minimum atomic E-state index is -3.44. The summed E-state index contributed by atoms with van der Waals surface area (Å²) in [5, 5.41) is 6.08. The van der Waals surface area contributed by atoms with Crippen LogP contribution < -0.4 is 26.0 Å². The SMILES string of the molecule is COc1cc(N2CCN(C(=O)CCN)CC2)ccc1Nc1ncnc(Nc2ccccc2S(C)(=O)=O)n1. The molecule has 2 heterocycles. The first-order valence-corrected chi connectivity index (χ1v) is 13.6. The Morgan fingerprint density at radius 2 is 1.70 bits per heavy atom. The van der Waals surface area contributed by atoms with Crippen LogP contribution in [0.25, 0.3) is 0 Å². The van der Waals surface area contributed by atoms with Crippen LogP contribution in [0.3, 0.4) is 0 Å². The van der Waals surface area contributed by atoms with Gasteiger partial charge in [0.25, 0.3) is 0 Å². The maximum atomic E-state index is 12.1. The van der Waals surface area contributed by atoms with Crippen molar-refractivity contribution in [1.29, 1.82) is 0 Å². The zero-order valence-electron chi connectivity index (χ0n) is 20.7. The topological polar surface area (TPSA) is 156 Å². The molecule has 0 atom stereocenters. The fraction of sp³-hybridized carbons (Fsp3) is 0.333. The van der Waals surface area contributed by atoms with E-state index in [1.807, 2.05) is 23.1 Å². The lowest BCUT2D eigenvalue weighted by atomic mass is 10.2. The molecule has 37 heavy (non-hydrogen) atoms. The van der Waals surface area contributed by atoms with Crippen molar-refractivity contribution in [2.24, 2.45) is 5.73 Å². The third-order valence-electron chi connectivity index (χ3n) is 5.89. The standard InChI is InChI=1S/C24H30N8O4S/c1-36-20-15-17(31-11-13-32(14-12-31)22(33)9-10-25)7-8-18(20)28-23-26-16-27-24(30-23)29-19-5-3-4-6-21(19)37(2,34)35/h3-8,15-16H,9-14,25H2,1-2H3,(H2,26,27,28,29,30). The second-order valence-corrected chi connectivity index (χ2v) is 10.4. The van der Waals surface area contributed by atoms with E-state index in [9.17, 15) is 13.2 Å². The zero-order valence-corrected chi connectivity index (χ0v) is 21.5. The molecule has 13 heteroatoms. The van der Waals surface area contributed by atoms with Crippen LogP contribution in [0, 0.1) is 0 Å². The number of carbonyl (C=O) groups is 1. The number of hydrogen-bond acceptors (Lipinski definition) is 11. The molecule has 1 amide bonds. The number of carbonyl (C=O) groups excluding carboxylic acids is 1. The van der Waals surface area contributed by atoms with Gasteiger partial charge in [-0.05, 0) is 24.3 Å². The second-order valence-electron chi connectivity index (χ2n) is 8.44. The van der Waals surface area contributed by atoms with Crippen molar-refractivity contribution in [3.05, 3.63) is 48.8 Å². The van der Waals surface area contributed by atoms with Crippen LogP contribution >= 0.6 is 0 Å².